The highest BCUT2D eigenvalue weighted by molar-refractivity contribution is 5.26. The molecule has 0 spiro atoms. The van der Waals surface area contributed by atoms with Crippen LogP contribution in [0.25, 0.3) is 0 Å². The second kappa shape index (κ2) is 6.64. The number of rotatable bonds is 7. The Morgan fingerprint density at radius 3 is 2.33 bits per heavy atom. The van der Waals surface area contributed by atoms with E-state index < -0.39 is 5.60 Å². The van der Waals surface area contributed by atoms with Crippen molar-refractivity contribution in [3.63, 3.8) is 0 Å². The number of aromatic nitrogens is 3. The average Bonchev–Trinajstić information content (AvgIpc) is 2.36. The minimum absolute atomic E-state index is 0.442. The van der Waals surface area contributed by atoms with Gasteiger partial charge >= 0.3 is 0 Å². The molecule has 1 aromatic heterocycles. The van der Waals surface area contributed by atoms with Crippen molar-refractivity contribution in [2.75, 3.05) is 11.9 Å². The van der Waals surface area contributed by atoms with Crippen LogP contribution in [-0.4, -0.2) is 32.4 Å². The Bertz CT molecular complexity index is 379. The maximum Gasteiger partial charge on any atom is 0.243 e. The third-order valence-electron chi connectivity index (χ3n) is 2.93. The molecule has 5 heteroatoms. The first-order valence-corrected chi connectivity index (χ1v) is 6.71. The topological polar surface area (TPSA) is 70.9 Å². The van der Waals surface area contributed by atoms with E-state index in [1.165, 1.54) is 0 Å². The van der Waals surface area contributed by atoms with Crippen LogP contribution in [0.15, 0.2) is 0 Å². The molecule has 0 amide bonds. The van der Waals surface area contributed by atoms with Gasteiger partial charge in [-0.3, -0.25) is 0 Å². The van der Waals surface area contributed by atoms with Crippen molar-refractivity contribution < 1.29 is 5.11 Å². The zero-order valence-electron chi connectivity index (χ0n) is 11.8. The van der Waals surface area contributed by atoms with Crippen LogP contribution in [0.4, 0.5) is 5.95 Å². The van der Waals surface area contributed by atoms with Gasteiger partial charge in [-0.15, -0.1) is 5.10 Å². The van der Waals surface area contributed by atoms with Gasteiger partial charge in [0.25, 0.3) is 0 Å². The lowest BCUT2D eigenvalue weighted by Crippen LogP contribution is -2.33. The van der Waals surface area contributed by atoms with E-state index in [9.17, 15) is 5.11 Å². The van der Waals surface area contributed by atoms with Crippen LogP contribution in [0.1, 0.15) is 51.9 Å². The highest BCUT2D eigenvalue weighted by Gasteiger charge is 2.19. The molecule has 0 fully saturated rings. The standard InChI is InChI=1S/C13H24N4O/c1-5-8-13(4,18)9-14-12-15-10(6-2)11(7-3)16-17-12/h18H,5-9H2,1-4H3,(H,14,15,17). The maximum atomic E-state index is 10.1. The molecule has 2 N–H and O–H groups in total. The summed E-state index contributed by atoms with van der Waals surface area (Å²) in [5, 5.41) is 21.3. The Balaban J connectivity index is 2.68. The first-order chi connectivity index (χ1) is 8.52. The summed E-state index contributed by atoms with van der Waals surface area (Å²) in [6.45, 7) is 8.41. The van der Waals surface area contributed by atoms with Crippen LogP contribution in [0.3, 0.4) is 0 Å². The van der Waals surface area contributed by atoms with E-state index in [4.69, 9.17) is 0 Å². The number of aliphatic hydroxyl groups is 1. The second-order valence-electron chi connectivity index (χ2n) is 4.84. The van der Waals surface area contributed by atoms with Gasteiger partial charge < -0.3 is 10.4 Å². The van der Waals surface area contributed by atoms with Crippen LogP contribution in [0.2, 0.25) is 0 Å². The molecule has 1 atom stereocenters. The minimum Gasteiger partial charge on any atom is -0.388 e. The molecule has 0 aromatic carbocycles. The summed E-state index contributed by atoms with van der Waals surface area (Å²) >= 11 is 0. The quantitative estimate of drug-likeness (QED) is 0.776. The third kappa shape index (κ3) is 4.22. The highest BCUT2D eigenvalue weighted by atomic mass is 16.3. The molecular formula is C13H24N4O. The predicted molar refractivity (Wildman–Crippen MR) is 72.6 cm³/mol. The van der Waals surface area contributed by atoms with Crippen LogP contribution >= 0.6 is 0 Å². The summed E-state index contributed by atoms with van der Waals surface area (Å²) in [7, 11) is 0. The van der Waals surface area contributed by atoms with Crippen molar-refractivity contribution in [1.29, 1.82) is 0 Å². The summed E-state index contributed by atoms with van der Waals surface area (Å²) in [6, 6.07) is 0. The van der Waals surface area contributed by atoms with Crippen LogP contribution in [-0.2, 0) is 12.8 Å². The van der Waals surface area contributed by atoms with E-state index in [2.05, 4.69) is 34.3 Å². The van der Waals surface area contributed by atoms with Crippen molar-refractivity contribution in [3.05, 3.63) is 11.4 Å². The SMILES string of the molecule is CCCC(C)(O)CNc1nnc(CC)c(CC)n1. The van der Waals surface area contributed by atoms with Gasteiger partial charge in [0.15, 0.2) is 0 Å². The second-order valence-corrected chi connectivity index (χ2v) is 4.84. The van der Waals surface area contributed by atoms with Gasteiger partial charge in [0, 0.05) is 6.54 Å². The fourth-order valence-electron chi connectivity index (χ4n) is 1.91. The van der Waals surface area contributed by atoms with Crippen LogP contribution < -0.4 is 5.32 Å². The lowest BCUT2D eigenvalue weighted by Gasteiger charge is -2.22. The van der Waals surface area contributed by atoms with Crippen LogP contribution in [0.5, 0.6) is 0 Å². The first kappa shape index (κ1) is 14.8. The molecular weight excluding hydrogens is 228 g/mol. The number of hydrogen-bond acceptors (Lipinski definition) is 5. The van der Waals surface area contributed by atoms with Gasteiger partial charge in [0.05, 0.1) is 17.0 Å². The zero-order valence-corrected chi connectivity index (χ0v) is 11.8. The largest absolute Gasteiger partial charge is 0.388 e. The maximum absolute atomic E-state index is 10.1. The van der Waals surface area contributed by atoms with Gasteiger partial charge in [0.2, 0.25) is 5.95 Å². The van der Waals surface area contributed by atoms with E-state index in [1.807, 2.05) is 13.8 Å². The van der Waals surface area contributed by atoms with Gasteiger partial charge in [-0.2, -0.15) is 5.10 Å². The van der Waals surface area contributed by atoms with Gasteiger partial charge in [-0.1, -0.05) is 27.2 Å². The fourth-order valence-corrected chi connectivity index (χ4v) is 1.91. The summed E-state index contributed by atoms with van der Waals surface area (Å²) in [6.07, 6.45) is 3.39. The predicted octanol–water partition coefficient (Wildman–Crippen LogP) is 1.96. The van der Waals surface area contributed by atoms with Gasteiger partial charge in [-0.25, -0.2) is 4.98 Å². The van der Waals surface area contributed by atoms with Crippen molar-refractivity contribution in [3.8, 4) is 0 Å². The normalized spacial score (nSPS) is 14.3. The zero-order chi connectivity index (χ0) is 13.6. The fraction of sp³-hybridized carbons (Fsp3) is 0.769. The summed E-state index contributed by atoms with van der Waals surface area (Å²) in [5.74, 6) is 0.500. The Labute approximate surface area is 109 Å². The molecule has 0 aliphatic heterocycles. The Morgan fingerprint density at radius 1 is 1.11 bits per heavy atom. The summed E-state index contributed by atoms with van der Waals surface area (Å²) in [4.78, 5) is 4.43. The number of nitrogens with zero attached hydrogens (tertiary/aromatic N) is 3. The molecule has 1 unspecified atom stereocenters. The first-order valence-electron chi connectivity index (χ1n) is 6.71. The number of nitrogens with one attached hydrogen (secondary N) is 1. The van der Waals surface area contributed by atoms with E-state index in [1.54, 1.807) is 0 Å². The molecule has 102 valence electrons. The van der Waals surface area contributed by atoms with Crippen LogP contribution in [0, 0.1) is 0 Å². The molecule has 1 rings (SSSR count). The molecule has 0 aliphatic carbocycles. The van der Waals surface area contributed by atoms with Gasteiger partial charge in [-0.05, 0) is 26.2 Å². The Kier molecular flexibility index (Phi) is 5.47. The number of aryl methyl sites for hydroxylation is 2. The Morgan fingerprint density at radius 2 is 1.78 bits per heavy atom. The monoisotopic (exact) mass is 252 g/mol. The van der Waals surface area contributed by atoms with E-state index >= 15 is 0 Å². The number of hydrogen-bond donors (Lipinski definition) is 2. The average molecular weight is 252 g/mol. The summed E-state index contributed by atoms with van der Waals surface area (Å²) in [5.41, 5.74) is 1.20. The smallest absolute Gasteiger partial charge is 0.243 e. The van der Waals surface area contributed by atoms with Crippen molar-refractivity contribution >= 4 is 5.95 Å². The van der Waals surface area contributed by atoms with Crippen molar-refractivity contribution in [2.24, 2.45) is 0 Å². The van der Waals surface area contributed by atoms with E-state index in [0.717, 1.165) is 37.1 Å². The molecule has 0 radical (unpaired) electrons. The van der Waals surface area contributed by atoms with Crippen molar-refractivity contribution in [2.45, 2.75) is 59.0 Å². The lowest BCUT2D eigenvalue weighted by molar-refractivity contribution is 0.0635. The summed E-state index contributed by atoms with van der Waals surface area (Å²) < 4.78 is 0. The molecule has 5 nitrogen and oxygen atoms in total. The third-order valence-corrected chi connectivity index (χ3v) is 2.93. The highest BCUT2D eigenvalue weighted by Crippen LogP contribution is 2.13. The Hall–Kier alpha value is -1.23. The van der Waals surface area contributed by atoms with E-state index in [0.29, 0.717) is 12.5 Å². The number of anilines is 1. The minimum atomic E-state index is -0.728. The van der Waals surface area contributed by atoms with Crippen molar-refractivity contribution in [1.82, 2.24) is 15.2 Å². The molecule has 1 heterocycles. The molecule has 0 aliphatic rings. The molecule has 0 bridgehead atoms. The molecule has 18 heavy (non-hydrogen) atoms. The molecule has 1 aromatic rings. The lowest BCUT2D eigenvalue weighted by atomic mass is 10.0. The molecule has 0 saturated carbocycles. The van der Waals surface area contributed by atoms with E-state index in [-0.39, 0.29) is 0 Å². The van der Waals surface area contributed by atoms with Gasteiger partial charge in [0.1, 0.15) is 0 Å². The molecule has 0 saturated heterocycles.